The second-order valence-electron chi connectivity index (χ2n) is 5.39. The molecule has 0 radical (unpaired) electrons. The number of hydrogen-bond donors (Lipinski definition) is 2. The smallest absolute Gasteiger partial charge is 0.309 e. The van der Waals surface area contributed by atoms with Gasteiger partial charge in [-0.3, -0.25) is 4.79 Å². The molecule has 2 N–H and O–H groups in total. The molecule has 0 aromatic heterocycles. The first-order chi connectivity index (χ1) is 6.32. The summed E-state index contributed by atoms with van der Waals surface area (Å²) < 4.78 is 0. The molecule has 0 bridgehead atoms. The van der Waals surface area contributed by atoms with Crippen LogP contribution in [0.2, 0.25) is 0 Å². The van der Waals surface area contributed by atoms with Crippen LogP contribution in [0.4, 0.5) is 0 Å². The van der Waals surface area contributed by atoms with Crippen LogP contribution < -0.4 is 0 Å². The monoisotopic (exact) mass is 200 g/mol. The molecule has 0 unspecified atom stereocenters. The quantitative estimate of drug-likeness (QED) is 0.679. The van der Waals surface area contributed by atoms with Crippen LogP contribution in [0.3, 0.4) is 0 Å². The Balaban J connectivity index is 2.67. The molecule has 1 rings (SSSR count). The van der Waals surface area contributed by atoms with Gasteiger partial charge in [0.05, 0.1) is 12.0 Å². The molecule has 3 heteroatoms. The van der Waals surface area contributed by atoms with E-state index in [-0.39, 0.29) is 5.41 Å². The highest BCUT2D eigenvalue weighted by molar-refractivity contribution is 5.70. The summed E-state index contributed by atoms with van der Waals surface area (Å²) >= 11 is 0. The molecule has 1 fully saturated rings. The first-order valence-corrected chi connectivity index (χ1v) is 5.23. The highest BCUT2D eigenvalue weighted by atomic mass is 16.4. The van der Waals surface area contributed by atoms with E-state index in [4.69, 9.17) is 5.11 Å². The van der Waals surface area contributed by atoms with Gasteiger partial charge in [0.1, 0.15) is 0 Å². The lowest BCUT2D eigenvalue weighted by Gasteiger charge is -2.38. The minimum Gasteiger partial charge on any atom is -0.481 e. The Hall–Kier alpha value is -0.570. The average Bonchev–Trinajstić information content (AvgIpc) is 2.02. The Morgan fingerprint density at radius 1 is 1.29 bits per heavy atom. The van der Waals surface area contributed by atoms with E-state index in [0.717, 1.165) is 6.42 Å². The summed E-state index contributed by atoms with van der Waals surface area (Å²) in [5.41, 5.74) is 0.147. The Morgan fingerprint density at radius 2 is 1.86 bits per heavy atom. The normalized spacial score (nSPS) is 34.1. The third-order valence-electron chi connectivity index (χ3n) is 3.36. The minimum absolute atomic E-state index is 0.147. The Morgan fingerprint density at radius 3 is 2.29 bits per heavy atom. The van der Waals surface area contributed by atoms with Crippen molar-refractivity contribution in [3.63, 3.8) is 0 Å². The van der Waals surface area contributed by atoms with Crippen LogP contribution in [-0.4, -0.2) is 22.3 Å². The van der Waals surface area contributed by atoms with Gasteiger partial charge in [-0.05, 0) is 30.6 Å². The van der Waals surface area contributed by atoms with Crippen LogP contribution in [0.15, 0.2) is 0 Å². The topological polar surface area (TPSA) is 57.5 Å². The molecule has 0 heterocycles. The second-order valence-corrected chi connectivity index (χ2v) is 5.39. The number of aliphatic hydroxyl groups is 1. The van der Waals surface area contributed by atoms with Crippen LogP contribution in [-0.2, 0) is 4.79 Å². The molecule has 82 valence electrons. The van der Waals surface area contributed by atoms with Gasteiger partial charge < -0.3 is 10.2 Å². The fourth-order valence-corrected chi connectivity index (χ4v) is 2.21. The summed E-state index contributed by atoms with van der Waals surface area (Å²) in [6, 6.07) is 0. The van der Waals surface area contributed by atoms with E-state index in [9.17, 15) is 9.90 Å². The number of aliphatic hydroxyl groups excluding tert-OH is 1. The Bertz CT molecular complexity index is 217. The number of carbonyl (C=O) groups is 1. The van der Waals surface area contributed by atoms with Gasteiger partial charge in [-0.25, -0.2) is 0 Å². The van der Waals surface area contributed by atoms with E-state index in [1.165, 1.54) is 0 Å². The maximum absolute atomic E-state index is 10.9. The van der Waals surface area contributed by atoms with Crippen LogP contribution in [0.1, 0.15) is 40.0 Å². The molecule has 0 saturated heterocycles. The molecule has 14 heavy (non-hydrogen) atoms. The summed E-state index contributed by atoms with van der Waals surface area (Å²) in [5, 5.41) is 18.5. The van der Waals surface area contributed by atoms with Gasteiger partial charge in [0.2, 0.25) is 0 Å². The number of carboxylic acids is 1. The lowest BCUT2D eigenvalue weighted by atomic mass is 9.68. The van der Waals surface area contributed by atoms with E-state index in [2.05, 4.69) is 20.8 Å². The third kappa shape index (κ3) is 2.47. The van der Waals surface area contributed by atoms with Crippen molar-refractivity contribution in [1.29, 1.82) is 0 Å². The van der Waals surface area contributed by atoms with Crippen molar-refractivity contribution >= 4 is 5.97 Å². The van der Waals surface area contributed by atoms with Crippen molar-refractivity contribution < 1.29 is 15.0 Å². The van der Waals surface area contributed by atoms with Gasteiger partial charge in [-0.1, -0.05) is 20.8 Å². The van der Waals surface area contributed by atoms with E-state index in [0.29, 0.717) is 18.8 Å². The van der Waals surface area contributed by atoms with Crippen molar-refractivity contribution in [3.8, 4) is 0 Å². The van der Waals surface area contributed by atoms with Crippen molar-refractivity contribution in [2.24, 2.45) is 17.3 Å². The van der Waals surface area contributed by atoms with Crippen molar-refractivity contribution in [2.75, 3.05) is 0 Å². The standard InChI is InChI=1S/C11H20O3/c1-11(2,3)7-4-5-9(12)8(6-7)10(13)14/h7-9,12H,4-6H2,1-3H3,(H,13,14)/t7-,8-,9-/m0/s1. The molecule has 0 aromatic rings. The predicted octanol–water partition coefficient (Wildman–Crippen LogP) is 1.89. The number of aliphatic carboxylic acids is 1. The van der Waals surface area contributed by atoms with Crippen LogP contribution in [0, 0.1) is 17.3 Å². The van der Waals surface area contributed by atoms with Gasteiger partial charge in [0, 0.05) is 0 Å². The molecule has 0 aliphatic heterocycles. The minimum atomic E-state index is -0.855. The molecule has 0 aromatic carbocycles. The first-order valence-electron chi connectivity index (χ1n) is 5.23. The summed E-state index contributed by atoms with van der Waals surface area (Å²) in [6.45, 7) is 6.40. The highest BCUT2D eigenvalue weighted by Crippen LogP contribution is 2.40. The van der Waals surface area contributed by atoms with Gasteiger partial charge in [0.25, 0.3) is 0 Å². The zero-order valence-corrected chi connectivity index (χ0v) is 9.16. The van der Waals surface area contributed by atoms with E-state index in [1.54, 1.807) is 0 Å². The van der Waals surface area contributed by atoms with E-state index < -0.39 is 18.0 Å². The summed E-state index contributed by atoms with van der Waals surface area (Å²) in [4.78, 5) is 10.9. The SMILES string of the molecule is CC(C)(C)[C@H]1CC[C@H](O)[C@@H](C(=O)O)C1. The molecule has 0 amide bonds. The highest BCUT2D eigenvalue weighted by Gasteiger charge is 2.38. The Labute approximate surface area is 85.1 Å². The van der Waals surface area contributed by atoms with Crippen molar-refractivity contribution in [1.82, 2.24) is 0 Å². The molecule has 1 aliphatic carbocycles. The van der Waals surface area contributed by atoms with Gasteiger partial charge >= 0.3 is 5.97 Å². The number of rotatable bonds is 1. The molecule has 1 aliphatic rings. The van der Waals surface area contributed by atoms with Crippen molar-refractivity contribution in [2.45, 2.75) is 46.1 Å². The fourth-order valence-electron chi connectivity index (χ4n) is 2.21. The second kappa shape index (κ2) is 3.89. The van der Waals surface area contributed by atoms with Crippen LogP contribution in [0.25, 0.3) is 0 Å². The maximum atomic E-state index is 10.9. The zero-order valence-electron chi connectivity index (χ0n) is 9.16. The van der Waals surface area contributed by atoms with Gasteiger partial charge in [0.15, 0.2) is 0 Å². The fraction of sp³-hybridized carbons (Fsp3) is 0.909. The van der Waals surface area contributed by atoms with Gasteiger partial charge in [-0.2, -0.15) is 0 Å². The molecular formula is C11H20O3. The average molecular weight is 200 g/mol. The number of hydrogen-bond acceptors (Lipinski definition) is 2. The van der Waals surface area contributed by atoms with Crippen LogP contribution >= 0.6 is 0 Å². The third-order valence-corrected chi connectivity index (χ3v) is 3.36. The van der Waals surface area contributed by atoms with Crippen LogP contribution in [0.5, 0.6) is 0 Å². The summed E-state index contributed by atoms with van der Waals surface area (Å²) in [7, 11) is 0. The van der Waals surface area contributed by atoms with E-state index in [1.807, 2.05) is 0 Å². The van der Waals surface area contributed by atoms with Gasteiger partial charge in [-0.15, -0.1) is 0 Å². The molecular weight excluding hydrogens is 180 g/mol. The molecule has 0 spiro atoms. The lowest BCUT2D eigenvalue weighted by Crippen LogP contribution is -2.38. The predicted molar refractivity (Wildman–Crippen MR) is 53.9 cm³/mol. The first kappa shape index (κ1) is 11.5. The molecule has 1 saturated carbocycles. The molecule has 3 atom stereocenters. The molecule has 3 nitrogen and oxygen atoms in total. The summed E-state index contributed by atoms with van der Waals surface area (Å²) in [6.07, 6.45) is 1.53. The number of carboxylic acid groups (broad SMARTS) is 1. The summed E-state index contributed by atoms with van der Waals surface area (Å²) in [5.74, 6) is -1.01. The maximum Gasteiger partial charge on any atom is 0.309 e. The van der Waals surface area contributed by atoms with E-state index >= 15 is 0 Å². The zero-order chi connectivity index (χ0) is 10.9. The lowest BCUT2D eigenvalue weighted by molar-refractivity contribution is -0.149. The van der Waals surface area contributed by atoms with Crippen molar-refractivity contribution in [3.05, 3.63) is 0 Å². The largest absolute Gasteiger partial charge is 0.481 e. The Kier molecular flexibility index (Phi) is 3.20.